The lowest BCUT2D eigenvalue weighted by Crippen LogP contribution is -2.34. The van der Waals surface area contributed by atoms with E-state index in [1.165, 1.54) is 5.57 Å². The van der Waals surface area contributed by atoms with Gasteiger partial charge in [-0.3, -0.25) is 4.79 Å². The van der Waals surface area contributed by atoms with Gasteiger partial charge in [0.25, 0.3) is 0 Å². The number of rotatable bonds is 4. The highest BCUT2D eigenvalue weighted by atomic mass is 28.4. The van der Waals surface area contributed by atoms with Gasteiger partial charge in [0.2, 0.25) is 8.32 Å². The summed E-state index contributed by atoms with van der Waals surface area (Å²) in [5.74, 6) is 2.14. The lowest BCUT2D eigenvalue weighted by molar-refractivity contribution is -0.122. The Morgan fingerprint density at radius 3 is 2.50 bits per heavy atom. The Labute approximate surface area is 136 Å². The molecule has 0 aliphatic heterocycles. The van der Waals surface area contributed by atoms with Gasteiger partial charge in [0.15, 0.2) is 5.78 Å². The van der Waals surface area contributed by atoms with Crippen LogP contribution in [0.15, 0.2) is 35.1 Å². The smallest absolute Gasteiger partial charge is 0.241 e. The first kappa shape index (κ1) is 17.3. The highest BCUT2D eigenvalue weighted by Gasteiger charge is 2.42. The molecule has 2 aliphatic carbocycles. The van der Waals surface area contributed by atoms with Crippen LogP contribution in [0.5, 0.6) is 0 Å². The molecule has 0 aromatic rings. The summed E-state index contributed by atoms with van der Waals surface area (Å²) in [4.78, 5) is 12.8. The second kappa shape index (κ2) is 6.19. The Morgan fingerprint density at radius 2 is 1.95 bits per heavy atom. The summed E-state index contributed by atoms with van der Waals surface area (Å²) < 4.78 is 6.26. The fourth-order valence-corrected chi connectivity index (χ4v) is 4.83. The number of hydrogen-bond donors (Lipinski definition) is 0. The molecule has 2 nitrogen and oxygen atoms in total. The molecule has 0 fully saturated rings. The Kier molecular flexibility index (Phi) is 4.86. The molecule has 0 radical (unpaired) electrons. The highest BCUT2D eigenvalue weighted by Crippen LogP contribution is 2.46. The molecule has 22 heavy (non-hydrogen) atoms. The molecule has 0 N–H and O–H groups in total. The predicted molar refractivity (Wildman–Crippen MR) is 95.0 cm³/mol. The van der Waals surface area contributed by atoms with Crippen LogP contribution >= 0.6 is 0 Å². The molecule has 0 amide bonds. The van der Waals surface area contributed by atoms with E-state index in [1.54, 1.807) is 0 Å². The molecule has 0 saturated carbocycles. The Hall–Kier alpha value is -1.09. The van der Waals surface area contributed by atoms with E-state index in [-0.39, 0.29) is 11.8 Å². The summed E-state index contributed by atoms with van der Waals surface area (Å²) in [5, 5.41) is 0. The minimum atomic E-state index is -1.58. The predicted octanol–water partition coefficient (Wildman–Crippen LogP) is 5.25. The van der Waals surface area contributed by atoms with Crippen LogP contribution in [0.4, 0.5) is 0 Å². The van der Waals surface area contributed by atoms with Gasteiger partial charge in [-0.05, 0) is 76.2 Å². The average Bonchev–Trinajstić information content (AvgIpc) is 2.72. The maximum Gasteiger partial charge on any atom is 0.241 e. The number of carbonyl (C=O) groups excluding carboxylic acids is 1. The van der Waals surface area contributed by atoms with Gasteiger partial charge >= 0.3 is 0 Å². The fraction of sp³-hybridized carbons (Fsp3) is 0.632. The normalized spacial score (nSPS) is 29.6. The van der Waals surface area contributed by atoms with Crippen molar-refractivity contribution in [1.82, 2.24) is 0 Å². The molecule has 0 saturated heterocycles. The monoisotopic (exact) mass is 318 g/mol. The lowest BCUT2D eigenvalue weighted by atomic mass is 9.68. The van der Waals surface area contributed by atoms with Gasteiger partial charge in [0.1, 0.15) is 0 Å². The van der Waals surface area contributed by atoms with Crippen molar-refractivity contribution in [1.29, 1.82) is 0 Å². The first-order valence-electron chi connectivity index (χ1n) is 8.37. The van der Waals surface area contributed by atoms with Gasteiger partial charge < -0.3 is 4.43 Å². The third kappa shape index (κ3) is 3.45. The zero-order chi connectivity index (χ0) is 16.7. The largest absolute Gasteiger partial charge is 0.547 e. The average molecular weight is 319 g/mol. The van der Waals surface area contributed by atoms with Gasteiger partial charge in [-0.15, -0.1) is 0 Å². The Bertz CT molecular complexity index is 548. The molecule has 0 heterocycles. The Morgan fingerprint density at radius 1 is 1.32 bits per heavy atom. The van der Waals surface area contributed by atoms with Crippen LogP contribution in [-0.2, 0) is 9.22 Å². The summed E-state index contributed by atoms with van der Waals surface area (Å²) in [6.45, 7) is 17.0. The quantitative estimate of drug-likeness (QED) is 0.523. The number of carbonyl (C=O) groups is 1. The van der Waals surface area contributed by atoms with Gasteiger partial charge in [0.05, 0.1) is 5.76 Å². The summed E-state index contributed by atoms with van der Waals surface area (Å²) in [6.07, 6.45) is 5.06. The Balaban J connectivity index is 2.31. The fourth-order valence-electron chi connectivity index (χ4n) is 3.82. The van der Waals surface area contributed by atoms with Crippen molar-refractivity contribution in [2.24, 2.45) is 17.8 Å². The van der Waals surface area contributed by atoms with Gasteiger partial charge in [-0.2, -0.15) is 0 Å². The lowest BCUT2D eigenvalue weighted by Gasteiger charge is -2.34. The van der Waals surface area contributed by atoms with Crippen LogP contribution in [0.1, 0.15) is 40.0 Å². The molecule has 3 heteroatoms. The molecule has 0 unspecified atom stereocenters. The molecule has 3 atom stereocenters. The first-order chi connectivity index (χ1) is 10.1. The molecular weight excluding hydrogens is 288 g/mol. The van der Waals surface area contributed by atoms with Crippen molar-refractivity contribution in [3.63, 3.8) is 0 Å². The second-order valence-corrected chi connectivity index (χ2v) is 12.4. The van der Waals surface area contributed by atoms with E-state index in [4.69, 9.17) is 4.43 Å². The van der Waals surface area contributed by atoms with E-state index in [2.05, 4.69) is 46.1 Å². The van der Waals surface area contributed by atoms with Crippen molar-refractivity contribution >= 4 is 14.1 Å². The van der Waals surface area contributed by atoms with Crippen LogP contribution in [0.25, 0.3) is 0 Å². The third-order valence-electron chi connectivity index (χ3n) is 4.98. The van der Waals surface area contributed by atoms with E-state index in [0.717, 1.165) is 36.2 Å². The van der Waals surface area contributed by atoms with Gasteiger partial charge in [-0.25, -0.2) is 0 Å². The first-order valence-corrected chi connectivity index (χ1v) is 11.8. The third-order valence-corrected chi connectivity index (χ3v) is 5.84. The van der Waals surface area contributed by atoms with Gasteiger partial charge in [-0.1, -0.05) is 18.2 Å². The zero-order valence-electron chi connectivity index (χ0n) is 15.0. The number of allylic oxidation sites excluding steroid dienone is 5. The molecular formula is C19H30O2Si. The number of ketones is 1. The minimum absolute atomic E-state index is 0.0604. The molecule has 0 aromatic carbocycles. The van der Waals surface area contributed by atoms with Crippen LogP contribution in [0, 0.1) is 17.8 Å². The summed E-state index contributed by atoms with van der Waals surface area (Å²) in [6, 6.07) is 0. The summed E-state index contributed by atoms with van der Waals surface area (Å²) in [5.41, 5.74) is 3.37. The van der Waals surface area contributed by atoms with Crippen LogP contribution in [-0.4, -0.2) is 14.1 Å². The number of Topliss-reactive ketones (excluding diaryl/α,β-unsaturated/α-hetero) is 1. The van der Waals surface area contributed by atoms with Crippen molar-refractivity contribution in [3.05, 3.63) is 35.1 Å². The van der Waals surface area contributed by atoms with E-state index < -0.39 is 8.32 Å². The molecule has 2 rings (SSSR count). The van der Waals surface area contributed by atoms with Gasteiger partial charge in [0, 0.05) is 12.3 Å². The summed E-state index contributed by atoms with van der Waals surface area (Å²) >= 11 is 0. The standard InChI is InChI=1S/C19H30O2Si/c1-12(2)15-9-8-13(3)19(20)18(15)16-10-11-17(14(16)4)21-22(5,6)7/h8,15-16,18H,1,9-11H2,2-7H3/t15-,16+,18-/m1/s1. The van der Waals surface area contributed by atoms with E-state index in [0.29, 0.717) is 11.7 Å². The van der Waals surface area contributed by atoms with E-state index in [1.807, 2.05) is 6.92 Å². The van der Waals surface area contributed by atoms with Crippen LogP contribution in [0.2, 0.25) is 19.6 Å². The second-order valence-electron chi connectivity index (χ2n) is 7.93. The topological polar surface area (TPSA) is 26.3 Å². The molecule has 0 spiro atoms. The maximum atomic E-state index is 12.8. The van der Waals surface area contributed by atoms with E-state index in [9.17, 15) is 4.79 Å². The van der Waals surface area contributed by atoms with Crippen LogP contribution in [0.3, 0.4) is 0 Å². The zero-order valence-corrected chi connectivity index (χ0v) is 16.0. The highest BCUT2D eigenvalue weighted by molar-refractivity contribution is 6.70. The summed E-state index contributed by atoms with van der Waals surface area (Å²) in [7, 11) is -1.58. The molecule has 0 aromatic heterocycles. The van der Waals surface area contributed by atoms with Crippen LogP contribution < -0.4 is 0 Å². The van der Waals surface area contributed by atoms with E-state index >= 15 is 0 Å². The SMILES string of the molecule is C=C(C)[C@H]1CC=C(C)C(=O)[C@H]1[C@H]1CCC(O[Si](C)(C)C)=C1C. The molecule has 0 bridgehead atoms. The maximum absolute atomic E-state index is 12.8. The van der Waals surface area contributed by atoms with Crippen molar-refractivity contribution in [3.8, 4) is 0 Å². The minimum Gasteiger partial charge on any atom is -0.547 e. The molecule has 122 valence electrons. The molecule has 2 aliphatic rings. The van der Waals surface area contributed by atoms with Crippen molar-refractivity contribution in [2.75, 3.05) is 0 Å². The van der Waals surface area contributed by atoms with Crippen molar-refractivity contribution < 1.29 is 9.22 Å². The van der Waals surface area contributed by atoms with Crippen molar-refractivity contribution in [2.45, 2.75) is 59.7 Å². The number of hydrogen-bond acceptors (Lipinski definition) is 2.